The van der Waals surface area contributed by atoms with Crippen molar-refractivity contribution in [1.29, 1.82) is 0 Å². The molecule has 5 nitrogen and oxygen atoms in total. The average Bonchev–Trinajstić information content (AvgIpc) is 2.56. The van der Waals surface area contributed by atoms with Gasteiger partial charge in [0, 0.05) is 18.1 Å². The number of hydrogen-bond donors (Lipinski definition) is 3. The zero-order valence-electron chi connectivity index (χ0n) is 13.5. The highest BCUT2D eigenvalue weighted by Crippen LogP contribution is 2.58. The molecule has 7 heteroatoms. The van der Waals surface area contributed by atoms with Gasteiger partial charge in [-0.25, -0.2) is 4.31 Å². The molecule has 0 saturated carbocycles. The first-order valence-corrected chi connectivity index (χ1v) is 9.69. The highest BCUT2D eigenvalue weighted by molar-refractivity contribution is 8.23. The van der Waals surface area contributed by atoms with Crippen LogP contribution in [0.5, 0.6) is 0 Å². The van der Waals surface area contributed by atoms with Gasteiger partial charge in [0.2, 0.25) is 0 Å². The number of anilines is 2. The number of halogens is 1. The Morgan fingerprint density at radius 3 is 2.54 bits per heavy atom. The first-order chi connectivity index (χ1) is 11.5. The highest BCUT2D eigenvalue weighted by Gasteiger charge is 2.37. The lowest BCUT2D eigenvalue weighted by Gasteiger charge is -2.54. The van der Waals surface area contributed by atoms with Crippen LogP contribution in [0.1, 0.15) is 12.0 Å². The molecule has 24 heavy (non-hydrogen) atoms. The second kappa shape index (κ2) is 7.31. The van der Waals surface area contributed by atoms with Gasteiger partial charge in [-0.1, -0.05) is 29.8 Å². The van der Waals surface area contributed by atoms with Crippen LogP contribution in [0, 0.1) is 0 Å². The molecule has 0 bridgehead atoms. The molecule has 0 atom stereocenters. The number of benzene rings is 2. The Morgan fingerprint density at radius 1 is 1.12 bits per heavy atom. The van der Waals surface area contributed by atoms with Crippen molar-refractivity contribution < 1.29 is 9.11 Å². The van der Waals surface area contributed by atoms with Gasteiger partial charge in [-0.05, 0) is 66.9 Å². The number of nitrogens with one attached hydrogen (secondary N) is 1. The van der Waals surface area contributed by atoms with Crippen molar-refractivity contribution in [2.75, 3.05) is 24.4 Å². The molecule has 0 amide bonds. The zero-order valence-corrected chi connectivity index (χ0v) is 15.1. The fourth-order valence-corrected chi connectivity index (χ4v) is 4.75. The monoisotopic (exact) mass is 367 g/mol. The predicted molar refractivity (Wildman–Crippen MR) is 102 cm³/mol. The van der Waals surface area contributed by atoms with E-state index in [0.717, 1.165) is 24.2 Å². The summed E-state index contributed by atoms with van der Waals surface area (Å²) in [5.41, 5.74) is 2.61. The lowest BCUT2D eigenvalue weighted by molar-refractivity contribution is 0.331. The summed E-state index contributed by atoms with van der Waals surface area (Å²) in [4.78, 5) is 0. The van der Waals surface area contributed by atoms with Crippen LogP contribution in [0.4, 0.5) is 11.4 Å². The Hall–Kier alpha value is -1.28. The Bertz CT molecular complexity index is 696. The molecule has 0 fully saturated rings. The maximum atomic E-state index is 11.0. The van der Waals surface area contributed by atoms with Crippen LogP contribution in [-0.4, -0.2) is 33.5 Å². The maximum Gasteiger partial charge on any atom is 0.0686 e. The summed E-state index contributed by atoms with van der Waals surface area (Å²) in [6, 6.07) is 15.0. The molecule has 1 aliphatic heterocycles. The van der Waals surface area contributed by atoms with Gasteiger partial charge in [-0.3, -0.25) is 9.11 Å². The summed E-state index contributed by atoms with van der Waals surface area (Å²) in [7, 11) is -1.24. The van der Waals surface area contributed by atoms with Gasteiger partial charge in [0.05, 0.1) is 11.4 Å². The summed E-state index contributed by atoms with van der Waals surface area (Å²) < 4.78 is 25.4. The van der Waals surface area contributed by atoms with Crippen LogP contribution in [0.15, 0.2) is 48.5 Å². The van der Waals surface area contributed by atoms with Crippen LogP contribution in [-0.2, 0) is 6.54 Å². The number of fused-ring (bicyclic) bond motifs is 1. The lowest BCUT2D eigenvalue weighted by Crippen LogP contribution is -2.42. The molecule has 1 heterocycles. The molecule has 0 spiro atoms. The Kier molecular flexibility index (Phi) is 5.34. The molecule has 0 saturated heterocycles. The van der Waals surface area contributed by atoms with Gasteiger partial charge in [0.15, 0.2) is 0 Å². The normalized spacial score (nSPS) is 18.2. The minimum atomic E-state index is -3.13. The first kappa shape index (κ1) is 17.5. The molecule has 3 rings (SSSR count). The third kappa shape index (κ3) is 3.39. The SMILES string of the molecule is CNCCCN1Cc2ccccc2N(c2ccc(Cl)cc2)S1(O)O. The van der Waals surface area contributed by atoms with E-state index < -0.39 is 11.0 Å². The molecular formula is C17H22ClN3O2S. The molecule has 0 radical (unpaired) electrons. The van der Waals surface area contributed by atoms with Crippen molar-refractivity contribution in [3.8, 4) is 0 Å². The average molecular weight is 368 g/mol. The van der Waals surface area contributed by atoms with E-state index in [2.05, 4.69) is 5.32 Å². The summed E-state index contributed by atoms with van der Waals surface area (Å²) in [6.45, 7) is 1.95. The predicted octanol–water partition coefficient (Wildman–Crippen LogP) is 4.48. The molecule has 2 aromatic carbocycles. The van der Waals surface area contributed by atoms with Gasteiger partial charge in [-0.2, -0.15) is 4.31 Å². The summed E-state index contributed by atoms with van der Waals surface area (Å²) >= 11 is 5.98. The third-order valence-corrected chi connectivity index (χ3v) is 6.20. The van der Waals surface area contributed by atoms with Crippen LogP contribution in [0.3, 0.4) is 0 Å². The highest BCUT2D eigenvalue weighted by atomic mass is 35.5. The Morgan fingerprint density at radius 2 is 1.83 bits per heavy atom. The molecule has 1 aliphatic rings. The van der Waals surface area contributed by atoms with E-state index >= 15 is 0 Å². The summed E-state index contributed by atoms with van der Waals surface area (Å²) in [5.74, 6) is 0. The Balaban J connectivity index is 2.01. The fourth-order valence-electron chi connectivity index (χ4n) is 2.86. The topological polar surface area (TPSA) is 59.0 Å². The summed E-state index contributed by atoms with van der Waals surface area (Å²) in [6.07, 6.45) is 0.836. The van der Waals surface area contributed by atoms with E-state index in [-0.39, 0.29) is 0 Å². The second-order valence-corrected chi connectivity index (χ2v) is 8.01. The van der Waals surface area contributed by atoms with E-state index in [9.17, 15) is 9.11 Å². The number of rotatable bonds is 5. The van der Waals surface area contributed by atoms with Gasteiger partial charge in [-0.15, -0.1) is 0 Å². The van der Waals surface area contributed by atoms with E-state index in [1.54, 1.807) is 20.7 Å². The van der Waals surface area contributed by atoms with Gasteiger partial charge in [0.25, 0.3) is 0 Å². The second-order valence-electron chi connectivity index (χ2n) is 5.71. The van der Waals surface area contributed by atoms with E-state index in [4.69, 9.17) is 11.6 Å². The van der Waals surface area contributed by atoms with E-state index in [0.29, 0.717) is 23.8 Å². The molecule has 0 unspecified atom stereocenters. The van der Waals surface area contributed by atoms with Crippen molar-refractivity contribution in [2.24, 2.45) is 0 Å². The first-order valence-electron chi connectivity index (χ1n) is 7.85. The molecule has 0 aliphatic carbocycles. The van der Waals surface area contributed by atoms with Gasteiger partial charge >= 0.3 is 0 Å². The van der Waals surface area contributed by atoms with Crippen molar-refractivity contribution in [2.45, 2.75) is 13.0 Å². The van der Waals surface area contributed by atoms with Crippen LogP contribution in [0.2, 0.25) is 5.02 Å². The standard InChI is InChI=1S/C17H22ClN3O2S/c1-19-11-4-12-20-13-14-5-2-3-6-17(14)21(24(20,22)23)16-9-7-15(18)8-10-16/h2-3,5-10,19,22-23H,4,11-13H2,1H3. The van der Waals surface area contributed by atoms with Crippen LogP contribution < -0.4 is 9.62 Å². The maximum absolute atomic E-state index is 11.0. The number of hydrogen-bond acceptors (Lipinski definition) is 5. The van der Waals surface area contributed by atoms with Crippen molar-refractivity contribution in [3.63, 3.8) is 0 Å². The molecule has 2 aromatic rings. The van der Waals surface area contributed by atoms with Gasteiger partial charge < -0.3 is 5.32 Å². The zero-order chi connectivity index (χ0) is 17.2. The quantitative estimate of drug-likeness (QED) is 0.680. The Labute approximate surface area is 149 Å². The molecule has 130 valence electrons. The van der Waals surface area contributed by atoms with Crippen molar-refractivity contribution in [3.05, 3.63) is 59.1 Å². The third-order valence-electron chi connectivity index (χ3n) is 4.04. The van der Waals surface area contributed by atoms with Crippen molar-refractivity contribution in [1.82, 2.24) is 9.62 Å². The molecule has 0 aromatic heterocycles. The largest absolute Gasteiger partial charge is 0.320 e. The number of nitrogens with zero attached hydrogens (tertiary/aromatic N) is 2. The minimum absolute atomic E-state index is 0.520. The lowest BCUT2D eigenvalue weighted by atomic mass is 10.1. The van der Waals surface area contributed by atoms with Crippen LogP contribution in [0.25, 0.3) is 0 Å². The fraction of sp³-hybridized carbons (Fsp3) is 0.294. The van der Waals surface area contributed by atoms with Gasteiger partial charge in [0.1, 0.15) is 0 Å². The smallest absolute Gasteiger partial charge is 0.0686 e. The van der Waals surface area contributed by atoms with Crippen LogP contribution >= 0.6 is 22.6 Å². The van der Waals surface area contributed by atoms with Crippen molar-refractivity contribution >= 4 is 33.9 Å². The molecule has 3 N–H and O–H groups in total. The number of para-hydroxylation sites is 1. The molecular weight excluding hydrogens is 346 g/mol. The van der Waals surface area contributed by atoms with E-state index in [1.807, 2.05) is 43.4 Å². The summed E-state index contributed by atoms with van der Waals surface area (Å²) in [5, 5.41) is 3.71. The minimum Gasteiger partial charge on any atom is -0.320 e. The van der Waals surface area contributed by atoms with E-state index in [1.165, 1.54) is 0 Å².